The summed E-state index contributed by atoms with van der Waals surface area (Å²) >= 11 is 0. The van der Waals surface area contributed by atoms with E-state index < -0.39 is 0 Å². The number of amidine groups is 1. The van der Waals surface area contributed by atoms with E-state index in [1.165, 1.54) is 12.8 Å². The highest BCUT2D eigenvalue weighted by Gasteiger charge is 2.57. The lowest BCUT2D eigenvalue weighted by Gasteiger charge is -2.45. The van der Waals surface area contributed by atoms with Gasteiger partial charge in [0.15, 0.2) is 12.1 Å². The van der Waals surface area contributed by atoms with Crippen LogP contribution in [0.5, 0.6) is 0 Å². The molecule has 0 aliphatic carbocycles. The van der Waals surface area contributed by atoms with Gasteiger partial charge in [-0.25, -0.2) is 9.83 Å². The van der Waals surface area contributed by atoms with Gasteiger partial charge in [0.25, 0.3) is 6.02 Å². The first-order chi connectivity index (χ1) is 7.68. The number of rotatable bonds is 1. The van der Waals surface area contributed by atoms with E-state index in [4.69, 9.17) is 15.3 Å². The molecule has 3 unspecified atom stereocenters. The van der Waals surface area contributed by atoms with Crippen molar-refractivity contribution < 1.29 is 14.2 Å². The summed E-state index contributed by atoms with van der Waals surface area (Å²) in [4.78, 5) is 9.98. The Morgan fingerprint density at radius 3 is 3.06 bits per heavy atom. The molecule has 3 atom stereocenters. The first-order valence-electron chi connectivity index (χ1n) is 6.09. The molecular weight excluding hydrogens is 206 g/mol. The van der Waals surface area contributed by atoms with E-state index in [2.05, 4.69) is 4.99 Å². The summed E-state index contributed by atoms with van der Waals surface area (Å²) in [6, 6.07) is 0.364. The minimum atomic E-state index is -0.172. The molecule has 5 heteroatoms. The van der Waals surface area contributed by atoms with Crippen molar-refractivity contribution in [3.8, 4) is 0 Å². The molecule has 0 aromatic heterocycles. The maximum Gasteiger partial charge on any atom is 0.282 e. The van der Waals surface area contributed by atoms with Crippen molar-refractivity contribution in [3.63, 3.8) is 0 Å². The van der Waals surface area contributed by atoms with Crippen LogP contribution in [0.3, 0.4) is 0 Å². The predicted octanol–water partition coefficient (Wildman–Crippen LogP) is 0.262. The normalized spacial score (nSPS) is 46.6. The highest BCUT2D eigenvalue weighted by molar-refractivity contribution is 5.73. The Morgan fingerprint density at radius 2 is 2.38 bits per heavy atom. The number of quaternary nitrogens is 1. The molecular formula is C11H20N3O2+. The quantitative estimate of drug-likeness (QED) is 0.653. The Kier molecular flexibility index (Phi) is 2.16. The molecule has 0 saturated carbocycles. The van der Waals surface area contributed by atoms with E-state index in [1.54, 1.807) is 7.11 Å². The topological polar surface area (TPSA) is 56.8 Å². The summed E-state index contributed by atoms with van der Waals surface area (Å²) in [5, 5.41) is 0. The maximum atomic E-state index is 5.86. The fourth-order valence-corrected chi connectivity index (χ4v) is 3.60. The van der Waals surface area contributed by atoms with Crippen LogP contribution in [0.2, 0.25) is 0 Å². The molecule has 4 aliphatic rings. The minimum Gasteiger partial charge on any atom is -0.450 e. The summed E-state index contributed by atoms with van der Waals surface area (Å²) in [6.07, 6.45) is 3.59. The number of ether oxygens (including phenoxy) is 1. The van der Waals surface area contributed by atoms with Gasteiger partial charge >= 0.3 is 0 Å². The van der Waals surface area contributed by atoms with E-state index in [0.717, 1.165) is 30.7 Å². The number of nitrogens with zero attached hydrogens (tertiary/aromatic N) is 2. The molecule has 16 heavy (non-hydrogen) atoms. The highest BCUT2D eigenvalue weighted by atomic mass is 16.7. The van der Waals surface area contributed by atoms with Crippen LogP contribution in [0, 0.1) is 5.92 Å². The third-order valence-electron chi connectivity index (χ3n) is 4.50. The highest BCUT2D eigenvalue weighted by Crippen LogP contribution is 2.43. The van der Waals surface area contributed by atoms with Crippen LogP contribution in [0.25, 0.3) is 0 Å². The Bertz CT molecular complexity index is 329. The van der Waals surface area contributed by atoms with Gasteiger partial charge in [0.2, 0.25) is 0 Å². The molecule has 0 aromatic carbocycles. The molecule has 3 fully saturated rings. The molecule has 2 bridgehead atoms. The summed E-state index contributed by atoms with van der Waals surface area (Å²) in [5.74, 6) is 0.598. The monoisotopic (exact) mass is 226 g/mol. The Morgan fingerprint density at radius 1 is 1.50 bits per heavy atom. The lowest BCUT2D eigenvalue weighted by molar-refractivity contribution is -1.11. The van der Waals surface area contributed by atoms with Crippen LogP contribution in [-0.2, 0) is 9.57 Å². The van der Waals surface area contributed by atoms with Gasteiger partial charge < -0.3 is 10.5 Å². The summed E-state index contributed by atoms with van der Waals surface area (Å²) in [6.45, 7) is 3.81. The number of fused-ring (bicyclic) bond motifs is 3. The first-order valence-corrected chi connectivity index (χ1v) is 6.09. The van der Waals surface area contributed by atoms with Gasteiger partial charge in [0, 0.05) is 12.3 Å². The van der Waals surface area contributed by atoms with Gasteiger partial charge in [-0.15, -0.1) is 0 Å². The SMILES string of the molecule is CO[N+]12CCCC(CC1)C1(CN=C(N)O1)C2. The van der Waals surface area contributed by atoms with Crippen LogP contribution in [0.15, 0.2) is 4.99 Å². The summed E-state index contributed by atoms with van der Waals surface area (Å²) in [7, 11) is 1.80. The van der Waals surface area contributed by atoms with Crippen molar-refractivity contribution in [2.45, 2.75) is 24.9 Å². The predicted molar refractivity (Wildman–Crippen MR) is 59.5 cm³/mol. The second-order valence-electron chi connectivity index (χ2n) is 5.30. The second-order valence-corrected chi connectivity index (χ2v) is 5.30. The molecule has 4 rings (SSSR count). The molecule has 0 radical (unpaired) electrons. The van der Waals surface area contributed by atoms with Crippen LogP contribution < -0.4 is 5.73 Å². The molecule has 3 saturated heterocycles. The number of aliphatic imine (C=N–C) groups is 1. The Labute approximate surface area is 95.8 Å². The first kappa shape index (κ1) is 10.4. The van der Waals surface area contributed by atoms with Gasteiger partial charge in [0.05, 0.1) is 13.7 Å². The van der Waals surface area contributed by atoms with Gasteiger partial charge in [0.1, 0.15) is 13.1 Å². The average molecular weight is 226 g/mol. The zero-order chi connectivity index (χ0) is 11.2. The van der Waals surface area contributed by atoms with E-state index in [1.807, 2.05) is 0 Å². The van der Waals surface area contributed by atoms with Gasteiger partial charge in [-0.2, -0.15) is 4.65 Å². The molecule has 4 heterocycles. The van der Waals surface area contributed by atoms with E-state index >= 15 is 0 Å². The minimum absolute atomic E-state index is 0.172. The molecule has 90 valence electrons. The second kappa shape index (κ2) is 3.34. The number of hydrogen-bond donors (Lipinski definition) is 1. The number of nitrogens with two attached hydrogens (primary N) is 1. The van der Waals surface area contributed by atoms with Gasteiger partial charge in [-0.3, -0.25) is 0 Å². The van der Waals surface area contributed by atoms with Crippen LogP contribution >= 0.6 is 0 Å². The van der Waals surface area contributed by atoms with Crippen LogP contribution in [0.1, 0.15) is 19.3 Å². The molecule has 5 nitrogen and oxygen atoms in total. The zero-order valence-electron chi connectivity index (χ0n) is 9.82. The van der Waals surface area contributed by atoms with Crippen molar-refractivity contribution >= 4 is 6.02 Å². The van der Waals surface area contributed by atoms with Gasteiger partial charge in [-0.1, -0.05) is 0 Å². The largest absolute Gasteiger partial charge is 0.450 e. The smallest absolute Gasteiger partial charge is 0.282 e. The average Bonchev–Trinajstić information content (AvgIpc) is 2.50. The number of hydroxylamine groups is 3. The number of hydrogen-bond acceptors (Lipinski definition) is 4. The molecule has 0 amide bonds. The lowest BCUT2D eigenvalue weighted by atomic mass is 9.80. The van der Waals surface area contributed by atoms with Crippen molar-refractivity contribution in [1.29, 1.82) is 0 Å². The van der Waals surface area contributed by atoms with Crippen LogP contribution in [0.4, 0.5) is 0 Å². The van der Waals surface area contributed by atoms with Crippen molar-refractivity contribution in [1.82, 2.24) is 0 Å². The van der Waals surface area contributed by atoms with Crippen molar-refractivity contribution in [3.05, 3.63) is 0 Å². The Balaban J connectivity index is 1.91. The standard InChI is InChI=1S/C11H20N3O2/c1-15-14-5-2-3-9(4-6-14)11(8-14)7-13-10(12)16-11/h9H,2-8H2,1H3,(H2,12,13)/q+1. The van der Waals surface area contributed by atoms with Crippen molar-refractivity contribution in [2.75, 3.05) is 33.3 Å². The maximum absolute atomic E-state index is 5.86. The Hall–Kier alpha value is -0.810. The van der Waals surface area contributed by atoms with E-state index in [-0.39, 0.29) is 5.60 Å². The lowest BCUT2D eigenvalue weighted by Crippen LogP contribution is -2.63. The van der Waals surface area contributed by atoms with E-state index in [0.29, 0.717) is 18.5 Å². The van der Waals surface area contributed by atoms with Gasteiger partial charge in [-0.05, 0) is 12.8 Å². The summed E-state index contributed by atoms with van der Waals surface area (Å²) < 4.78 is 6.58. The fraction of sp³-hybridized carbons (Fsp3) is 0.909. The number of piperidine rings is 1. The third-order valence-corrected chi connectivity index (χ3v) is 4.50. The van der Waals surface area contributed by atoms with Crippen molar-refractivity contribution in [2.24, 2.45) is 16.6 Å². The molecule has 0 aromatic rings. The fourth-order valence-electron chi connectivity index (χ4n) is 3.60. The van der Waals surface area contributed by atoms with Crippen LogP contribution in [-0.4, -0.2) is 49.6 Å². The molecule has 1 spiro atoms. The third kappa shape index (κ3) is 1.34. The van der Waals surface area contributed by atoms with E-state index in [9.17, 15) is 0 Å². The molecule has 2 N–H and O–H groups in total. The molecule has 4 aliphatic heterocycles. The zero-order valence-corrected chi connectivity index (χ0v) is 9.82. The summed E-state index contributed by atoms with van der Waals surface area (Å²) in [5.41, 5.74) is 5.52.